The first kappa shape index (κ1) is 13.7. The Kier molecular flexibility index (Phi) is 5.69. The fourth-order valence-corrected chi connectivity index (χ4v) is 1.33. The van der Waals surface area contributed by atoms with Gasteiger partial charge < -0.3 is 15.1 Å². The molecule has 1 aromatic heterocycles. The molecule has 0 saturated carbocycles. The Morgan fingerprint density at radius 2 is 2.29 bits per heavy atom. The Labute approximate surface area is 102 Å². The van der Waals surface area contributed by atoms with Gasteiger partial charge in [-0.2, -0.15) is 0 Å². The van der Waals surface area contributed by atoms with Gasteiger partial charge in [-0.05, 0) is 0 Å². The van der Waals surface area contributed by atoms with Crippen LogP contribution in [-0.2, 0) is 17.8 Å². The highest BCUT2D eigenvalue weighted by molar-refractivity contribution is 5.75. The van der Waals surface area contributed by atoms with Crippen LogP contribution in [0.15, 0.2) is 10.6 Å². The number of aryl methyl sites for hydroxylation is 1. The fraction of sp³-hybridized carbons (Fsp3) is 0.667. The van der Waals surface area contributed by atoms with Crippen LogP contribution < -0.4 is 10.6 Å². The first-order valence-corrected chi connectivity index (χ1v) is 6.05. The van der Waals surface area contributed by atoms with Gasteiger partial charge in [-0.1, -0.05) is 20.8 Å². The molecule has 1 amide bonds. The number of nitrogens with one attached hydrogen (secondary N) is 2. The maximum absolute atomic E-state index is 11.5. The van der Waals surface area contributed by atoms with E-state index in [1.165, 1.54) is 0 Å². The molecule has 0 aliphatic heterocycles. The lowest BCUT2D eigenvalue weighted by Gasteiger charge is -2.07. The lowest BCUT2D eigenvalue weighted by atomic mass is 10.3. The van der Waals surface area contributed by atoms with Gasteiger partial charge >= 0.3 is 0 Å². The van der Waals surface area contributed by atoms with Gasteiger partial charge in [0.2, 0.25) is 11.8 Å². The van der Waals surface area contributed by atoms with E-state index in [4.69, 9.17) is 4.42 Å². The SMILES string of the molecule is CCc1cnc(CNC(=O)CCNC(C)C)o1. The zero-order valence-electron chi connectivity index (χ0n) is 10.7. The first-order valence-electron chi connectivity index (χ1n) is 6.05. The van der Waals surface area contributed by atoms with E-state index in [0.29, 0.717) is 31.4 Å². The maximum atomic E-state index is 11.5. The van der Waals surface area contributed by atoms with Crippen LogP contribution in [0.2, 0.25) is 0 Å². The number of oxazole rings is 1. The summed E-state index contributed by atoms with van der Waals surface area (Å²) in [6, 6.07) is 0.404. The summed E-state index contributed by atoms with van der Waals surface area (Å²) in [5.41, 5.74) is 0. The van der Waals surface area contributed by atoms with Crippen molar-refractivity contribution in [2.24, 2.45) is 0 Å². The van der Waals surface area contributed by atoms with Crippen LogP contribution in [0.3, 0.4) is 0 Å². The summed E-state index contributed by atoms with van der Waals surface area (Å²) in [4.78, 5) is 15.5. The summed E-state index contributed by atoms with van der Waals surface area (Å²) in [5, 5.41) is 5.96. The monoisotopic (exact) mass is 239 g/mol. The maximum Gasteiger partial charge on any atom is 0.221 e. The molecule has 5 heteroatoms. The highest BCUT2D eigenvalue weighted by atomic mass is 16.4. The molecule has 0 aliphatic rings. The van der Waals surface area contributed by atoms with Gasteiger partial charge in [0.1, 0.15) is 5.76 Å². The Morgan fingerprint density at radius 3 is 2.88 bits per heavy atom. The average molecular weight is 239 g/mol. The number of carbonyl (C=O) groups excluding carboxylic acids is 1. The minimum atomic E-state index is 0.00870. The highest BCUT2D eigenvalue weighted by Crippen LogP contribution is 2.03. The van der Waals surface area contributed by atoms with Gasteiger partial charge in [0.25, 0.3) is 0 Å². The van der Waals surface area contributed by atoms with Gasteiger partial charge in [0, 0.05) is 25.4 Å². The third-order valence-corrected chi connectivity index (χ3v) is 2.29. The lowest BCUT2D eigenvalue weighted by Crippen LogP contribution is -2.30. The summed E-state index contributed by atoms with van der Waals surface area (Å²) < 4.78 is 5.38. The minimum Gasteiger partial charge on any atom is -0.444 e. The molecule has 0 aliphatic carbocycles. The molecule has 1 rings (SSSR count). The van der Waals surface area contributed by atoms with E-state index in [-0.39, 0.29) is 5.91 Å². The molecule has 17 heavy (non-hydrogen) atoms. The first-order chi connectivity index (χ1) is 8.11. The van der Waals surface area contributed by atoms with E-state index >= 15 is 0 Å². The lowest BCUT2D eigenvalue weighted by molar-refractivity contribution is -0.121. The molecule has 0 radical (unpaired) electrons. The number of nitrogens with zero attached hydrogens (tertiary/aromatic N) is 1. The molecular formula is C12H21N3O2. The quantitative estimate of drug-likeness (QED) is 0.751. The van der Waals surface area contributed by atoms with Crippen molar-refractivity contribution in [3.05, 3.63) is 17.8 Å². The second kappa shape index (κ2) is 7.06. The number of hydrogen-bond acceptors (Lipinski definition) is 4. The van der Waals surface area contributed by atoms with Gasteiger partial charge in [0.05, 0.1) is 12.7 Å². The van der Waals surface area contributed by atoms with E-state index in [0.717, 1.165) is 12.2 Å². The van der Waals surface area contributed by atoms with E-state index in [1.807, 2.05) is 6.92 Å². The second-order valence-corrected chi connectivity index (χ2v) is 4.21. The zero-order chi connectivity index (χ0) is 12.7. The molecule has 0 unspecified atom stereocenters. The molecular weight excluding hydrogens is 218 g/mol. The van der Waals surface area contributed by atoms with Crippen molar-refractivity contribution in [2.45, 2.75) is 46.2 Å². The molecule has 0 spiro atoms. The summed E-state index contributed by atoms with van der Waals surface area (Å²) in [7, 11) is 0. The van der Waals surface area contributed by atoms with E-state index in [1.54, 1.807) is 6.20 Å². The largest absolute Gasteiger partial charge is 0.444 e. The van der Waals surface area contributed by atoms with Crippen molar-refractivity contribution in [3.63, 3.8) is 0 Å². The fourth-order valence-electron chi connectivity index (χ4n) is 1.33. The molecule has 96 valence electrons. The van der Waals surface area contributed by atoms with Crippen molar-refractivity contribution in [1.82, 2.24) is 15.6 Å². The smallest absolute Gasteiger partial charge is 0.221 e. The Bertz CT molecular complexity index is 347. The molecule has 0 aromatic carbocycles. The molecule has 0 atom stereocenters. The number of rotatable bonds is 7. The van der Waals surface area contributed by atoms with Crippen LogP contribution in [0, 0.1) is 0 Å². The molecule has 5 nitrogen and oxygen atoms in total. The number of amides is 1. The summed E-state index contributed by atoms with van der Waals surface area (Å²) in [6.45, 7) is 7.16. The molecule has 1 heterocycles. The second-order valence-electron chi connectivity index (χ2n) is 4.21. The Morgan fingerprint density at radius 1 is 1.53 bits per heavy atom. The molecule has 0 bridgehead atoms. The van der Waals surface area contributed by atoms with Crippen molar-refractivity contribution in [2.75, 3.05) is 6.54 Å². The van der Waals surface area contributed by atoms with Crippen LogP contribution in [0.5, 0.6) is 0 Å². The van der Waals surface area contributed by atoms with Crippen molar-refractivity contribution >= 4 is 5.91 Å². The number of aromatic nitrogens is 1. The number of carbonyl (C=O) groups is 1. The molecule has 0 fully saturated rings. The topological polar surface area (TPSA) is 67.2 Å². The average Bonchev–Trinajstić information content (AvgIpc) is 2.73. The molecule has 0 saturated heterocycles. The zero-order valence-corrected chi connectivity index (χ0v) is 10.7. The van der Waals surface area contributed by atoms with Crippen LogP contribution in [0.1, 0.15) is 38.8 Å². The van der Waals surface area contributed by atoms with E-state index in [9.17, 15) is 4.79 Å². The molecule has 1 aromatic rings. The predicted molar refractivity (Wildman–Crippen MR) is 65.5 cm³/mol. The van der Waals surface area contributed by atoms with Gasteiger partial charge in [0.15, 0.2) is 0 Å². The standard InChI is InChI=1S/C12H21N3O2/c1-4-10-7-15-12(17-10)8-14-11(16)5-6-13-9(2)3/h7,9,13H,4-6,8H2,1-3H3,(H,14,16). The summed E-state index contributed by atoms with van der Waals surface area (Å²) >= 11 is 0. The van der Waals surface area contributed by atoms with Crippen LogP contribution in [-0.4, -0.2) is 23.5 Å². The van der Waals surface area contributed by atoms with Crippen molar-refractivity contribution in [1.29, 1.82) is 0 Å². The Balaban J connectivity index is 2.19. The van der Waals surface area contributed by atoms with Crippen LogP contribution >= 0.6 is 0 Å². The van der Waals surface area contributed by atoms with Crippen molar-refractivity contribution in [3.8, 4) is 0 Å². The predicted octanol–water partition coefficient (Wildman–Crippen LogP) is 1.24. The third kappa shape index (κ3) is 5.49. The Hall–Kier alpha value is -1.36. The van der Waals surface area contributed by atoms with Gasteiger partial charge in [-0.15, -0.1) is 0 Å². The minimum absolute atomic E-state index is 0.00870. The van der Waals surface area contributed by atoms with Crippen LogP contribution in [0.4, 0.5) is 0 Å². The molecule has 2 N–H and O–H groups in total. The van der Waals surface area contributed by atoms with E-state index < -0.39 is 0 Å². The summed E-state index contributed by atoms with van der Waals surface area (Å²) in [5.74, 6) is 1.41. The van der Waals surface area contributed by atoms with E-state index in [2.05, 4.69) is 29.5 Å². The summed E-state index contributed by atoms with van der Waals surface area (Å²) in [6.07, 6.45) is 2.99. The number of hydrogen-bond donors (Lipinski definition) is 2. The highest BCUT2D eigenvalue weighted by Gasteiger charge is 2.05. The van der Waals surface area contributed by atoms with Gasteiger partial charge in [-0.3, -0.25) is 4.79 Å². The van der Waals surface area contributed by atoms with Crippen molar-refractivity contribution < 1.29 is 9.21 Å². The van der Waals surface area contributed by atoms with Crippen LogP contribution in [0.25, 0.3) is 0 Å². The normalized spacial score (nSPS) is 10.8. The van der Waals surface area contributed by atoms with Gasteiger partial charge in [-0.25, -0.2) is 4.98 Å². The third-order valence-electron chi connectivity index (χ3n) is 2.29.